The number of unbranched alkanes of at least 4 members (excludes halogenated alkanes) is 2. The second-order valence-electron chi connectivity index (χ2n) is 12.1. The molecule has 41 heavy (non-hydrogen) atoms. The van der Waals surface area contributed by atoms with Gasteiger partial charge < -0.3 is 25.1 Å². The highest BCUT2D eigenvalue weighted by Gasteiger charge is 2.54. The number of nitrogens with zero attached hydrogens (tertiary/aromatic N) is 3. The van der Waals surface area contributed by atoms with Gasteiger partial charge in [-0.25, -0.2) is 0 Å². The number of piperidine rings is 1. The number of para-hydroxylation sites is 1. The Kier molecular flexibility index (Phi) is 9.35. The first-order valence-electron chi connectivity index (χ1n) is 14.5. The lowest BCUT2D eigenvalue weighted by Crippen LogP contribution is -2.57. The maximum absolute atomic E-state index is 13.9. The monoisotopic (exact) mass is 562 g/mol. The van der Waals surface area contributed by atoms with Crippen molar-refractivity contribution in [3.63, 3.8) is 0 Å². The van der Waals surface area contributed by atoms with Gasteiger partial charge in [0.25, 0.3) is 11.8 Å². The van der Waals surface area contributed by atoms with Gasteiger partial charge in [0.15, 0.2) is 0 Å². The van der Waals surface area contributed by atoms with Crippen molar-refractivity contribution in [1.82, 2.24) is 15.1 Å². The summed E-state index contributed by atoms with van der Waals surface area (Å²) < 4.78 is 0. The van der Waals surface area contributed by atoms with Crippen molar-refractivity contribution in [1.29, 1.82) is 0 Å². The minimum Gasteiger partial charge on any atom is -0.481 e. The Bertz CT molecular complexity index is 1230. The molecule has 4 rings (SSSR count). The lowest BCUT2D eigenvalue weighted by atomic mass is 9.84. The second kappa shape index (κ2) is 12.7. The zero-order valence-corrected chi connectivity index (χ0v) is 24.4. The summed E-state index contributed by atoms with van der Waals surface area (Å²) in [5.41, 5.74) is 1.93. The van der Waals surface area contributed by atoms with Crippen LogP contribution in [0.25, 0.3) is 0 Å². The molecule has 0 saturated carbocycles. The van der Waals surface area contributed by atoms with Crippen LogP contribution in [0, 0.1) is 0 Å². The van der Waals surface area contributed by atoms with Gasteiger partial charge in [0.05, 0.1) is 6.67 Å². The molecule has 2 N–H and O–H groups in total. The quantitative estimate of drug-likeness (QED) is 0.423. The summed E-state index contributed by atoms with van der Waals surface area (Å²) in [6.45, 7) is 8.03. The maximum Gasteiger partial charge on any atom is 0.303 e. The fourth-order valence-corrected chi connectivity index (χ4v) is 5.73. The predicted octanol–water partition coefficient (Wildman–Crippen LogP) is 4.03. The number of likely N-dealkylation sites (tertiary alicyclic amines) is 1. The van der Waals surface area contributed by atoms with Crippen LogP contribution in [0.15, 0.2) is 54.6 Å². The van der Waals surface area contributed by atoms with Crippen LogP contribution < -0.4 is 10.2 Å². The van der Waals surface area contributed by atoms with Crippen LogP contribution in [0.4, 0.5) is 5.69 Å². The molecule has 0 radical (unpaired) electrons. The molecule has 1 spiro atoms. The van der Waals surface area contributed by atoms with E-state index in [4.69, 9.17) is 5.11 Å². The molecular formula is C32H42N4O5. The summed E-state index contributed by atoms with van der Waals surface area (Å²) in [6.07, 6.45) is 3.07. The molecule has 3 amide bonds. The summed E-state index contributed by atoms with van der Waals surface area (Å²) in [5, 5.41) is 11.6. The fourth-order valence-electron chi connectivity index (χ4n) is 5.73. The van der Waals surface area contributed by atoms with Crippen molar-refractivity contribution in [3.8, 4) is 0 Å². The first-order valence-corrected chi connectivity index (χ1v) is 14.5. The van der Waals surface area contributed by atoms with Crippen LogP contribution in [0.1, 0.15) is 75.2 Å². The standard InChI is InChI=1S/C32H42N4O5/c1-31(2,3)25-15-13-24(14-16-25)29(40)34-20-17-32(18-21-34)30(41)35(23-36(32)26-10-6-4-7-11-26)22-27(37)33-19-9-5-8-12-28(38)39/h4,6-7,10-11,13-16H,5,8-9,12,17-23H2,1-3H3,(H,33,37)(H,38,39). The number of nitrogens with one attached hydrogen (secondary N) is 1. The molecule has 2 fully saturated rings. The fraction of sp³-hybridized carbons (Fsp3) is 0.500. The summed E-state index contributed by atoms with van der Waals surface area (Å²) >= 11 is 0. The van der Waals surface area contributed by atoms with Gasteiger partial charge in [-0.1, -0.05) is 57.5 Å². The summed E-state index contributed by atoms with van der Waals surface area (Å²) in [7, 11) is 0. The topological polar surface area (TPSA) is 110 Å². The summed E-state index contributed by atoms with van der Waals surface area (Å²) in [4.78, 5) is 56.1. The van der Waals surface area contributed by atoms with E-state index >= 15 is 0 Å². The number of carboxylic acids is 1. The van der Waals surface area contributed by atoms with E-state index < -0.39 is 11.5 Å². The third kappa shape index (κ3) is 7.07. The molecule has 9 heteroatoms. The van der Waals surface area contributed by atoms with Crippen molar-refractivity contribution < 1.29 is 24.3 Å². The molecule has 0 aliphatic carbocycles. The van der Waals surface area contributed by atoms with Crippen molar-refractivity contribution in [2.75, 3.05) is 37.7 Å². The van der Waals surface area contributed by atoms with Gasteiger partial charge in [0, 0.05) is 37.3 Å². The molecule has 2 aromatic carbocycles. The zero-order chi connectivity index (χ0) is 29.6. The van der Waals surface area contributed by atoms with Crippen molar-refractivity contribution in [3.05, 3.63) is 65.7 Å². The largest absolute Gasteiger partial charge is 0.481 e. The lowest BCUT2D eigenvalue weighted by molar-refractivity contribution is -0.137. The number of hydrogen-bond donors (Lipinski definition) is 2. The predicted molar refractivity (Wildman–Crippen MR) is 158 cm³/mol. The number of rotatable bonds is 10. The molecule has 2 aromatic rings. The summed E-state index contributed by atoms with van der Waals surface area (Å²) in [6, 6.07) is 17.6. The van der Waals surface area contributed by atoms with Gasteiger partial charge in [0.2, 0.25) is 5.91 Å². The smallest absolute Gasteiger partial charge is 0.303 e. The van der Waals surface area contributed by atoms with E-state index in [1.807, 2.05) is 59.5 Å². The van der Waals surface area contributed by atoms with Crippen LogP contribution in [-0.2, 0) is 19.8 Å². The Morgan fingerprint density at radius 1 is 0.927 bits per heavy atom. The highest BCUT2D eigenvalue weighted by atomic mass is 16.4. The average Bonchev–Trinajstić information content (AvgIpc) is 3.21. The summed E-state index contributed by atoms with van der Waals surface area (Å²) in [5.74, 6) is -1.16. The number of carbonyl (C=O) groups excluding carboxylic acids is 3. The molecule has 0 aromatic heterocycles. The van der Waals surface area contributed by atoms with Gasteiger partial charge >= 0.3 is 5.97 Å². The SMILES string of the molecule is CC(C)(C)c1ccc(C(=O)N2CCC3(CC2)C(=O)N(CC(=O)NCCCCCC(=O)O)CN3c2ccccc2)cc1. The number of anilines is 1. The van der Waals surface area contributed by atoms with E-state index in [-0.39, 0.29) is 36.1 Å². The number of amides is 3. The number of carboxylic acid groups (broad SMARTS) is 1. The molecule has 9 nitrogen and oxygen atoms in total. The van der Waals surface area contributed by atoms with Crippen LogP contribution in [0.3, 0.4) is 0 Å². The van der Waals surface area contributed by atoms with Crippen molar-refractivity contribution in [2.45, 2.75) is 70.3 Å². The lowest BCUT2D eigenvalue weighted by Gasteiger charge is -2.43. The van der Waals surface area contributed by atoms with E-state index in [1.165, 1.54) is 5.56 Å². The van der Waals surface area contributed by atoms with Gasteiger partial charge in [-0.2, -0.15) is 0 Å². The molecule has 220 valence electrons. The van der Waals surface area contributed by atoms with Crippen LogP contribution >= 0.6 is 0 Å². The Hall–Kier alpha value is -3.88. The Balaban J connectivity index is 1.40. The Labute approximate surface area is 242 Å². The van der Waals surface area contributed by atoms with E-state index in [0.29, 0.717) is 57.5 Å². The van der Waals surface area contributed by atoms with E-state index in [9.17, 15) is 19.2 Å². The molecule has 0 unspecified atom stereocenters. The van der Waals surface area contributed by atoms with Crippen molar-refractivity contribution in [2.24, 2.45) is 0 Å². The maximum atomic E-state index is 13.9. The second-order valence-corrected chi connectivity index (χ2v) is 12.1. The first kappa shape index (κ1) is 30.1. The molecule has 2 aliphatic heterocycles. The molecular weight excluding hydrogens is 520 g/mol. The molecule has 0 atom stereocenters. The van der Waals surface area contributed by atoms with E-state index in [0.717, 1.165) is 12.1 Å². The number of hydrogen-bond acceptors (Lipinski definition) is 5. The van der Waals surface area contributed by atoms with Gasteiger partial charge in [-0.15, -0.1) is 0 Å². The highest BCUT2D eigenvalue weighted by Crippen LogP contribution is 2.39. The van der Waals surface area contributed by atoms with E-state index in [1.54, 1.807) is 4.90 Å². The minimum absolute atomic E-state index is 0.00748. The third-order valence-corrected chi connectivity index (χ3v) is 8.18. The van der Waals surface area contributed by atoms with Crippen LogP contribution in [0.2, 0.25) is 0 Å². The zero-order valence-electron chi connectivity index (χ0n) is 24.4. The number of aliphatic carboxylic acids is 1. The Morgan fingerprint density at radius 2 is 1.59 bits per heavy atom. The van der Waals surface area contributed by atoms with Gasteiger partial charge in [-0.05, 0) is 60.9 Å². The number of carbonyl (C=O) groups is 4. The Morgan fingerprint density at radius 3 is 2.20 bits per heavy atom. The highest BCUT2D eigenvalue weighted by molar-refractivity contribution is 5.97. The molecule has 2 heterocycles. The number of benzene rings is 2. The normalized spacial score (nSPS) is 16.8. The molecule has 0 bridgehead atoms. The average molecular weight is 563 g/mol. The van der Waals surface area contributed by atoms with Crippen molar-refractivity contribution >= 4 is 29.4 Å². The third-order valence-electron chi connectivity index (χ3n) is 8.18. The van der Waals surface area contributed by atoms with Gasteiger partial charge in [-0.3, -0.25) is 19.2 Å². The molecule has 2 saturated heterocycles. The van der Waals surface area contributed by atoms with E-state index in [2.05, 4.69) is 31.0 Å². The van der Waals surface area contributed by atoms with Crippen LogP contribution in [-0.4, -0.2) is 77.0 Å². The first-order chi connectivity index (χ1) is 19.5. The van der Waals surface area contributed by atoms with Gasteiger partial charge in [0.1, 0.15) is 12.1 Å². The molecule has 2 aliphatic rings. The minimum atomic E-state index is -0.816. The van der Waals surface area contributed by atoms with Crippen LogP contribution in [0.5, 0.6) is 0 Å².